The molecular weight excluding hydrogens is 388 g/mol. The van der Waals surface area contributed by atoms with E-state index in [1.807, 2.05) is 0 Å². The number of benzene rings is 2. The third-order valence-corrected chi connectivity index (χ3v) is 4.95. The summed E-state index contributed by atoms with van der Waals surface area (Å²) >= 11 is 0.716. The van der Waals surface area contributed by atoms with Crippen molar-refractivity contribution in [1.29, 1.82) is 0 Å². The average molecular weight is 402 g/mol. The predicted molar refractivity (Wildman–Crippen MR) is 101 cm³/mol. The summed E-state index contributed by atoms with van der Waals surface area (Å²) in [6.45, 7) is 0. The Bertz CT molecular complexity index is 974. The first-order chi connectivity index (χ1) is 13.3. The van der Waals surface area contributed by atoms with Crippen molar-refractivity contribution >= 4 is 46.2 Å². The van der Waals surface area contributed by atoms with E-state index in [0.29, 0.717) is 11.8 Å². The van der Waals surface area contributed by atoms with Crippen molar-refractivity contribution in [3.63, 3.8) is 0 Å². The number of carbonyl (C=O) groups excluding carboxylic acids is 3. The number of hydrogen-bond donors (Lipinski definition) is 4. The molecule has 0 aromatic heterocycles. The first kappa shape index (κ1) is 19.2. The van der Waals surface area contributed by atoms with E-state index < -0.39 is 34.0 Å². The summed E-state index contributed by atoms with van der Waals surface area (Å²) in [5.74, 6) is -2.96. The summed E-state index contributed by atoms with van der Waals surface area (Å²) in [6, 6.07) is 9.04. The quantitative estimate of drug-likeness (QED) is 0.597. The number of rotatable bonds is 5. The van der Waals surface area contributed by atoms with Crippen LogP contribution in [0, 0.1) is 0 Å². The maximum Gasteiger partial charge on any atom is 0.339 e. The van der Waals surface area contributed by atoms with Gasteiger partial charge in [0.25, 0.3) is 5.24 Å². The lowest BCUT2D eigenvalue weighted by Crippen LogP contribution is -2.32. The van der Waals surface area contributed by atoms with Crippen LogP contribution in [0.3, 0.4) is 0 Å². The molecule has 1 heterocycles. The zero-order chi connectivity index (χ0) is 20.4. The number of nitrogens with one attached hydrogen (secondary N) is 1. The minimum Gasteiger partial charge on any atom is -0.508 e. The smallest absolute Gasteiger partial charge is 0.339 e. The van der Waals surface area contributed by atoms with Crippen molar-refractivity contribution < 1.29 is 34.5 Å². The second-order valence-electron chi connectivity index (χ2n) is 5.85. The van der Waals surface area contributed by atoms with Crippen LogP contribution in [0.4, 0.5) is 16.2 Å². The van der Waals surface area contributed by atoms with Gasteiger partial charge in [0.1, 0.15) is 22.3 Å². The highest BCUT2D eigenvalue weighted by atomic mass is 32.2. The van der Waals surface area contributed by atoms with Gasteiger partial charge in [0.2, 0.25) is 11.8 Å². The molecular formula is C18H14N2O7S. The Hall–Kier alpha value is -3.53. The normalized spacial score (nSPS) is 16.3. The number of thioether (sulfide) groups is 1. The van der Waals surface area contributed by atoms with Crippen LogP contribution in [0.25, 0.3) is 0 Å². The molecule has 2 aromatic rings. The molecule has 1 unspecified atom stereocenters. The van der Waals surface area contributed by atoms with Crippen LogP contribution in [0.2, 0.25) is 0 Å². The summed E-state index contributed by atoms with van der Waals surface area (Å²) in [6.07, 6.45) is -0.286. The monoisotopic (exact) mass is 402 g/mol. The van der Waals surface area contributed by atoms with E-state index in [4.69, 9.17) is 5.11 Å². The molecule has 1 fully saturated rings. The fourth-order valence-electron chi connectivity index (χ4n) is 2.59. The number of phenols is 2. The molecule has 9 nitrogen and oxygen atoms in total. The van der Waals surface area contributed by atoms with Crippen molar-refractivity contribution in [3.05, 3.63) is 48.0 Å². The second-order valence-corrected chi connectivity index (χ2v) is 7.01. The number of nitrogens with zero attached hydrogens (tertiary/aromatic N) is 1. The van der Waals surface area contributed by atoms with Gasteiger partial charge < -0.3 is 20.6 Å². The molecule has 28 heavy (non-hydrogen) atoms. The molecule has 1 aliphatic heterocycles. The van der Waals surface area contributed by atoms with Crippen LogP contribution in [-0.4, -0.2) is 43.6 Å². The van der Waals surface area contributed by atoms with E-state index in [1.54, 1.807) is 0 Å². The van der Waals surface area contributed by atoms with E-state index in [0.717, 1.165) is 17.0 Å². The molecule has 3 amide bonds. The Balaban J connectivity index is 1.67. The molecule has 144 valence electrons. The molecule has 0 radical (unpaired) electrons. The molecule has 3 rings (SSSR count). The topological polar surface area (TPSA) is 144 Å². The molecule has 10 heteroatoms. The summed E-state index contributed by atoms with van der Waals surface area (Å²) in [5.41, 5.74) is 0.136. The summed E-state index contributed by atoms with van der Waals surface area (Å²) < 4.78 is 0. The number of hydrogen-bond acceptors (Lipinski definition) is 7. The summed E-state index contributed by atoms with van der Waals surface area (Å²) in [7, 11) is 0. The van der Waals surface area contributed by atoms with E-state index in [9.17, 15) is 29.4 Å². The number of phenolic OH excluding ortho intramolecular Hbond substituents is 1. The van der Waals surface area contributed by atoms with Gasteiger partial charge in [-0.3, -0.25) is 14.4 Å². The number of imide groups is 1. The lowest BCUT2D eigenvalue weighted by Gasteiger charge is -2.14. The molecule has 1 atom stereocenters. The van der Waals surface area contributed by atoms with Crippen molar-refractivity contribution in [2.45, 2.75) is 11.7 Å². The van der Waals surface area contributed by atoms with Crippen LogP contribution >= 0.6 is 11.8 Å². The Labute approximate surface area is 162 Å². The SMILES string of the molecule is O=C(CC1SC(=O)N(c2ccc(O)cc2)C1=O)Nc1ccc(C(=O)O)c(O)c1. The van der Waals surface area contributed by atoms with Gasteiger partial charge in [0, 0.05) is 18.2 Å². The minimum atomic E-state index is -1.31. The lowest BCUT2D eigenvalue weighted by molar-refractivity contribution is -0.121. The van der Waals surface area contributed by atoms with Gasteiger partial charge in [0.15, 0.2) is 0 Å². The largest absolute Gasteiger partial charge is 0.508 e. The maximum atomic E-state index is 12.5. The number of aromatic hydroxyl groups is 2. The van der Waals surface area contributed by atoms with Gasteiger partial charge in [-0.2, -0.15) is 0 Å². The number of carboxylic acids is 1. The molecule has 2 aromatic carbocycles. The number of carboxylic acid groups (broad SMARTS) is 1. The second kappa shape index (κ2) is 7.61. The van der Waals surface area contributed by atoms with Crippen LogP contribution in [0.5, 0.6) is 11.5 Å². The molecule has 1 aliphatic rings. The molecule has 0 spiro atoms. The molecule has 0 aliphatic carbocycles. The Kier molecular flexibility index (Phi) is 5.23. The van der Waals surface area contributed by atoms with Gasteiger partial charge >= 0.3 is 5.97 Å². The third-order valence-electron chi connectivity index (χ3n) is 3.91. The van der Waals surface area contributed by atoms with Crippen molar-refractivity contribution in [1.82, 2.24) is 0 Å². The highest BCUT2D eigenvalue weighted by Gasteiger charge is 2.41. The van der Waals surface area contributed by atoms with Gasteiger partial charge in [-0.05, 0) is 48.2 Å². The Morgan fingerprint density at radius 1 is 1.07 bits per heavy atom. The molecule has 4 N–H and O–H groups in total. The lowest BCUT2D eigenvalue weighted by atomic mass is 10.1. The van der Waals surface area contributed by atoms with E-state index in [1.165, 1.54) is 30.3 Å². The van der Waals surface area contributed by atoms with E-state index in [2.05, 4.69) is 5.32 Å². The van der Waals surface area contributed by atoms with E-state index >= 15 is 0 Å². The highest BCUT2D eigenvalue weighted by Crippen LogP contribution is 2.34. The number of amides is 3. The number of carbonyl (C=O) groups is 4. The zero-order valence-corrected chi connectivity index (χ0v) is 15.0. The van der Waals surface area contributed by atoms with Crippen LogP contribution in [0.1, 0.15) is 16.8 Å². The van der Waals surface area contributed by atoms with Crippen LogP contribution < -0.4 is 10.2 Å². The molecule has 0 saturated carbocycles. The first-order valence-corrected chi connectivity index (χ1v) is 8.84. The van der Waals surface area contributed by atoms with Crippen molar-refractivity contribution in [3.8, 4) is 11.5 Å². The Morgan fingerprint density at radius 2 is 1.75 bits per heavy atom. The Morgan fingerprint density at radius 3 is 2.36 bits per heavy atom. The summed E-state index contributed by atoms with van der Waals surface area (Å²) in [5, 5.41) is 28.8. The maximum absolute atomic E-state index is 12.5. The standard InChI is InChI=1S/C18H14N2O7S/c21-11-4-2-10(3-5-11)20-16(24)14(28-18(20)27)8-15(23)19-9-1-6-12(17(25)26)13(22)7-9/h1-7,14,21-22H,8H2,(H,19,23)(H,25,26). The van der Waals surface area contributed by atoms with Crippen molar-refractivity contribution in [2.24, 2.45) is 0 Å². The number of anilines is 2. The zero-order valence-electron chi connectivity index (χ0n) is 14.2. The molecule has 0 bridgehead atoms. The third kappa shape index (κ3) is 3.91. The van der Waals surface area contributed by atoms with Crippen LogP contribution in [-0.2, 0) is 9.59 Å². The summed E-state index contributed by atoms with van der Waals surface area (Å²) in [4.78, 5) is 48.7. The first-order valence-electron chi connectivity index (χ1n) is 7.96. The van der Waals surface area contributed by atoms with Gasteiger partial charge in [-0.25, -0.2) is 9.69 Å². The van der Waals surface area contributed by atoms with Gasteiger partial charge in [-0.15, -0.1) is 0 Å². The highest BCUT2D eigenvalue weighted by molar-refractivity contribution is 8.15. The fourth-order valence-corrected chi connectivity index (χ4v) is 3.58. The predicted octanol–water partition coefficient (Wildman–Crippen LogP) is 2.39. The van der Waals surface area contributed by atoms with E-state index in [-0.39, 0.29) is 29.1 Å². The van der Waals surface area contributed by atoms with Gasteiger partial charge in [-0.1, -0.05) is 0 Å². The fraction of sp³-hybridized carbons (Fsp3) is 0.111. The van der Waals surface area contributed by atoms with Crippen LogP contribution in [0.15, 0.2) is 42.5 Å². The van der Waals surface area contributed by atoms with Gasteiger partial charge in [0.05, 0.1) is 5.69 Å². The molecule has 1 saturated heterocycles. The average Bonchev–Trinajstić information content (AvgIpc) is 2.89. The number of aromatic carboxylic acids is 1. The minimum absolute atomic E-state index is 0.0106. The van der Waals surface area contributed by atoms with Crippen molar-refractivity contribution in [2.75, 3.05) is 10.2 Å².